The van der Waals surface area contributed by atoms with Crippen LogP contribution >= 0.6 is 0 Å². The molecule has 200 valence electrons. The number of amides is 2. The number of aliphatic imine (C=N–C) groups is 1. The van der Waals surface area contributed by atoms with Gasteiger partial charge in [0.25, 0.3) is 0 Å². The maximum absolute atomic E-state index is 13.5. The predicted molar refractivity (Wildman–Crippen MR) is 146 cm³/mol. The normalized spacial score (nSPS) is 13.1. The molecule has 4 N–H and O–H groups in total. The first-order valence-electron chi connectivity index (χ1n) is 12.5. The minimum absolute atomic E-state index is 0.297. The Labute approximate surface area is 220 Å². The first-order chi connectivity index (χ1) is 17.3. The molecule has 0 unspecified atom stereocenters. The van der Waals surface area contributed by atoms with Crippen molar-refractivity contribution < 1.29 is 19.1 Å². The van der Waals surface area contributed by atoms with E-state index in [2.05, 4.69) is 15.6 Å². The standard InChI is InChI=1S/C29H40N4O4/c1-20(30)31-19-13-18-23(25(34)37-28(2,3)4)32-26(35)29(5,6)27(36)33-24(21-14-9-7-10-15-21)22-16-11-8-12-17-22/h7-12,14-17,23-24H,13,18-19H2,1-6H3,(H2,30,31)(H,32,35)(H,33,36)/t23-/m0/s1. The number of rotatable bonds is 11. The van der Waals surface area contributed by atoms with Gasteiger partial charge < -0.3 is 21.1 Å². The molecule has 1 atom stereocenters. The smallest absolute Gasteiger partial charge is 0.329 e. The minimum atomic E-state index is -1.46. The lowest BCUT2D eigenvalue weighted by Crippen LogP contribution is -2.53. The SMILES string of the molecule is CC(N)=NCCC[C@H](NC(=O)C(C)(C)C(=O)NC(c1ccccc1)c1ccccc1)C(=O)OC(C)(C)C. The van der Waals surface area contributed by atoms with Crippen LogP contribution in [0.15, 0.2) is 65.7 Å². The van der Waals surface area contributed by atoms with Gasteiger partial charge in [-0.1, -0.05) is 60.7 Å². The second-order valence-corrected chi connectivity index (χ2v) is 10.6. The Bertz CT molecular complexity index is 1030. The van der Waals surface area contributed by atoms with Gasteiger partial charge in [-0.25, -0.2) is 4.79 Å². The first kappa shape index (κ1) is 29.5. The van der Waals surface area contributed by atoms with Crippen LogP contribution in [0.2, 0.25) is 0 Å². The first-order valence-corrected chi connectivity index (χ1v) is 12.5. The van der Waals surface area contributed by atoms with Gasteiger partial charge in [0.2, 0.25) is 11.8 Å². The highest BCUT2D eigenvalue weighted by Gasteiger charge is 2.40. The molecule has 0 aliphatic heterocycles. The lowest BCUT2D eigenvalue weighted by Gasteiger charge is -2.30. The summed E-state index contributed by atoms with van der Waals surface area (Å²) < 4.78 is 5.52. The van der Waals surface area contributed by atoms with Crippen molar-refractivity contribution in [3.8, 4) is 0 Å². The summed E-state index contributed by atoms with van der Waals surface area (Å²) in [7, 11) is 0. The lowest BCUT2D eigenvalue weighted by atomic mass is 9.88. The molecule has 2 amide bonds. The average molecular weight is 509 g/mol. The highest BCUT2D eigenvalue weighted by atomic mass is 16.6. The van der Waals surface area contributed by atoms with E-state index < -0.39 is 40.9 Å². The van der Waals surface area contributed by atoms with Crippen LogP contribution in [0.3, 0.4) is 0 Å². The summed E-state index contributed by atoms with van der Waals surface area (Å²) in [6, 6.07) is 17.7. The van der Waals surface area contributed by atoms with E-state index in [0.29, 0.717) is 25.2 Å². The summed E-state index contributed by atoms with van der Waals surface area (Å²) >= 11 is 0. The number of nitrogens with two attached hydrogens (primary N) is 1. The molecule has 0 heterocycles. The topological polar surface area (TPSA) is 123 Å². The van der Waals surface area contributed by atoms with Crippen LogP contribution in [0, 0.1) is 5.41 Å². The largest absolute Gasteiger partial charge is 0.458 e. The van der Waals surface area contributed by atoms with Crippen LogP contribution in [0.1, 0.15) is 71.6 Å². The molecule has 0 saturated heterocycles. The molecule has 0 aromatic heterocycles. The average Bonchev–Trinajstić information content (AvgIpc) is 2.83. The summed E-state index contributed by atoms with van der Waals surface area (Å²) in [4.78, 5) is 43.8. The Morgan fingerprint density at radius 1 is 0.865 bits per heavy atom. The minimum Gasteiger partial charge on any atom is -0.458 e. The van der Waals surface area contributed by atoms with Crippen molar-refractivity contribution in [3.05, 3.63) is 71.8 Å². The van der Waals surface area contributed by atoms with Crippen molar-refractivity contribution >= 4 is 23.6 Å². The van der Waals surface area contributed by atoms with E-state index in [1.165, 1.54) is 0 Å². The zero-order chi connectivity index (χ0) is 27.6. The van der Waals surface area contributed by atoms with Gasteiger partial charge in [0, 0.05) is 6.54 Å². The van der Waals surface area contributed by atoms with Crippen molar-refractivity contribution in [2.45, 2.75) is 72.1 Å². The third-order valence-electron chi connectivity index (χ3n) is 5.69. The van der Waals surface area contributed by atoms with E-state index in [9.17, 15) is 14.4 Å². The highest BCUT2D eigenvalue weighted by molar-refractivity contribution is 6.05. The number of benzene rings is 2. The third kappa shape index (κ3) is 9.37. The number of carbonyl (C=O) groups is 3. The van der Waals surface area contributed by atoms with E-state index in [-0.39, 0.29) is 0 Å². The second-order valence-electron chi connectivity index (χ2n) is 10.6. The Hall–Kier alpha value is -3.68. The Morgan fingerprint density at radius 3 is 1.81 bits per heavy atom. The molecule has 2 aromatic carbocycles. The van der Waals surface area contributed by atoms with Crippen molar-refractivity contribution in [2.24, 2.45) is 16.1 Å². The van der Waals surface area contributed by atoms with Gasteiger partial charge in [0.1, 0.15) is 17.1 Å². The van der Waals surface area contributed by atoms with E-state index >= 15 is 0 Å². The number of esters is 1. The molecule has 8 heteroatoms. The number of hydrogen-bond donors (Lipinski definition) is 3. The number of nitrogens with one attached hydrogen (secondary N) is 2. The maximum atomic E-state index is 13.5. The monoisotopic (exact) mass is 508 g/mol. The molecule has 37 heavy (non-hydrogen) atoms. The molecule has 0 aliphatic carbocycles. The second kappa shape index (κ2) is 13.0. The summed E-state index contributed by atoms with van der Waals surface area (Å²) in [5.74, 6) is -1.15. The molecule has 0 aliphatic rings. The van der Waals surface area contributed by atoms with Crippen LogP contribution in [0.25, 0.3) is 0 Å². The molecular formula is C29H40N4O4. The number of carbonyl (C=O) groups excluding carboxylic acids is 3. The maximum Gasteiger partial charge on any atom is 0.329 e. The van der Waals surface area contributed by atoms with Crippen LogP contribution in [-0.4, -0.2) is 41.8 Å². The fourth-order valence-corrected chi connectivity index (χ4v) is 3.58. The van der Waals surface area contributed by atoms with Gasteiger partial charge in [0.05, 0.1) is 11.9 Å². The van der Waals surface area contributed by atoms with Crippen LogP contribution in [-0.2, 0) is 19.1 Å². The molecular weight excluding hydrogens is 468 g/mol. The van der Waals surface area contributed by atoms with Crippen molar-refractivity contribution in [1.82, 2.24) is 10.6 Å². The van der Waals surface area contributed by atoms with Crippen molar-refractivity contribution in [1.29, 1.82) is 0 Å². The molecule has 2 aromatic rings. The predicted octanol–water partition coefficient (Wildman–Crippen LogP) is 3.90. The summed E-state index contributed by atoms with van der Waals surface area (Å²) in [6.45, 7) is 10.5. The van der Waals surface area contributed by atoms with E-state index in [1.807, 2.05) is 60.7 Å². The third-order valence-corrected chi connectivity index (χ3v) is 5.69. The van der Waals surface area contributed by atoms with Crippen LogP contribution in [0.5, 0.6) is 0 Å². The lowest BCUT2D eigenvalue weighted by molar-refractivity contribution is -0.160. The molecule has 8 nitrogen and oxygen atoms in total. The number of nitrogens with zero attached hydrogens (tertiary/aromatic N) is 1. The van der Waals surface area contributed by atoms with Crippen LogP contribution < -0.4 is 16.4 Å². The summed E-state index contributed by atoms with van der Waals surface area (Å²) in [5, 5.41) is 5.78. The van der Waals surface area contributed by atoms with Gasteiger partial charge in [-0.15, -0.1) is 0 Å². The Balaban J connectivity index is 2.21. The van der Waals surface area contributed by atoms with Gasteiger partial charge in [0.15, 0.2) is 0 Å². The van der Waals surface area contributed by atoms with E-state index in [1.54, 1.807) is 41.5 Å². The molecule has 0 bridgehead atoms. The number of amidine groups is 1. The zero-order valence-electron chi connectivity index (χ0n) is 22.7. The van der Waals surface area contributed by atoms with Gasteiger partial charge >= 0.3 is 5.97 Å². The van der Waals surface area contributed by atoms with E-state index in [4.69, 9.17) is 10.5 Å². The number of ether oxygens (including phenoxy) is 1. The van der Waals surface area contributed by atoms with Gasteiger partial charge in [-0.05, 0) is 65.5 Å². The summed E-state index contributed by atoms with van der Waals surface area (Å²) in [5.41, 5.74) is 5.18. The Morgan fingerprint density at radius 2 is 1.35 bits per heavy atom. The number of hydrogen-bond acceptors (Lipinski definition) is 5. The van der Waals surface area contributed by atoms with Crippen LogP contribution in [0.4, 0.5) is 0 Å². The molecule has 0 saturated carbocycles. The fraction of sp³-hybridized carbons (Fsp3) is 0.448. The molecule has 0 spiro atoms. The zero-order valence-corrected chi connectivity index (χ0v) is 22.7. The Kier molecular flexibility index (Phi) is 10.4. The van der Waals surface area contributed by atoms with Crippen molar-refractivity contribution in [3.63, 3.8) is 0 Å². The highest BCUT2D eigenvalue weighted by Crippen LogP contribution is 2.25. The molecule has 0 fully saturated rings. The quantitative estimate of drug-likeness (QED) is 0.140. The van der Waals surface area contributed by atoms with Gasteiger partial charge in [-0.3, -0.25) is 14.6 Å². The van der Waals surface area contributed by atoms with Gasteiger partial charge in [-0.2, -0.15) is 0 Å². The molecule has 2 rings (SSSR count). The fourth-order valence-electron chi connectivity index (χ4n) is 3.58. The molecule has 0 radical (unpaired) electrons. The van der Waals surface area contributed by atoms with Crippen molar-refractivity contribution in [2.75, 3.05) is 6.54 Å². The van der Waals surface area contributed by atoms with E-state index in [0.717, 1.165) is 11.1 Å². The summed E-state index contributed by atoms with van der Waals surface area (Å²) in [6.07, 6.45) is 0.807.